The molecule has 0 saturated carbocycles. The van der Waals surface area contributed by atoms with Gasteiger partial charge in [-0.25, -0.2) is 9.59 Å². The van der Waals surface area contributed by atoms with E-state index in [0.717, 1.165) is 27.7 Å². The van der Waals surface area contributed by atoms with Gasteiger partial charge in [0.1, 0.15) is 12.6 Å². The van der Waals surface area contributed by atoms with Crippen molar-refractivity contribution < 1.29 is 19.1 Å². The summed E-state index contributed by atoms with van der Waals surface area (Å²) in [4.78, 5) is 24.9. The molecule has 1 N–H and O–H groups in total. The van der Waals surface area contributed by atoms with E-state index in [9.17, 15) is 9.59 Å². The monoisotopic (exact) mass is 394 g/mol. The number of nitrogens with zero attached hydrogens (tertiary/aromatic N) is 1. The second-order valence-corrected chi connectivity index (χ2v) is 7.07. The number of rotatable bonds is 6. The second-order valence-electron chi connectivity index (χ2n) is 7.07. The van der Waals surface area contributed by atoms with Crippen LogP contribution in [-0.2, 0) is 27.9 Å². The van der Waals surface area contributed by atoms with Crippen LogP contribution in [0.4, 0.5) is 4.79 Å². The molecule has 0 aliphatic rings. The first kappa shape index (κ1) is 20.5. The highest BCUT2D eigenvalue weighted by Gasteiger charge is 2.32. The van der Waals surface area contributed by atoms with E-state index in [1.165, 1.54) is 7.11 Å². The van der Waals surface area contributed by atoms with Gasteiger partial charge in [0, 0.05) is 29.6 Å². The van der Waals surface area contributed by atoms with Crippen molar-refractivity contribution in [1.29, 1.82) is 0 Å². The molecule has 0 radical (unpaired) electrons. The van der Waals surface area contributed by atoms with Crippen LogP contribution in [0.1, 0.15) is 29.7 Å². The summed E-state index contributed by atoms with van der Waals surface area (Å²) in [6.07, 6.45) is -0.658. The van der Waals surface area contributed by atoms with E-state index in [1.807, 2.05) is 75.5 Å². The van der Waals surface area contributed by atoms with E-state index in [-0.39, 0.29) is 12.5 Å². The van der Waals surface area contributed by atoms with Crippen molar-refractivity contribution in [3.05, 3.63) is 71.4 Å². The fourth-order valence-electron chi connectivity index (χ4n) is 3.70. The summed E-state index contributed by atoms with van der Waals surface area (Å²) in [5.74, 6) is -0.820. The Balaban J connectivity index is 1.83. The first-order valence-electron chi connectivity index (χ1n) is 9.53. The number of carbonyl (C=O) groups is 2. The van der Waals surface area contributed by atoms with Gasteiger partial charge < -0.3 is 19.4 Å². The van der Waals surface area contributed by atoms with Crippen molar-refractivity contribution in [1.82, 2.24) is 9.88 Å². The number of hydrogen-bond acceptors (Lipinski definition) is 4. The first-order chi connectivity index (χ1) is 13.9. The number of alkyl carbamates (subject to hydrolysis) is 1. The molecule has 1 heterocycles. The van der Waals surface area contributed by atoms with E-state index < -0.39 is 18.1 Å². The highest BCUT2D eigenvalue weighted by atomic mass is 16.6. The lowest BCUT2D eigenvalue weighted by Gasteiger charge is -2.23. The van der Waals surface area contributed by atoms with Crippen LogP contribution < -0.4 is 5.32 Å². The van der Waals surface area contributed by atoms with Crippen LogP contribution in [0, 0.1) is 6.92 Å². The molecule has 2 aromatic carbocycles. The smallest absolute Gasteiger partial charge is 0.408 e. The number of carbonyl (C=O) groups excluding carboxylic acids is 2. The van der Waals surface area contributed by atoms with E-state index in [4.69, 9.17) is 9.47 Å². The molecular formula is C23H26N2O4. The Kier molecular flexibility index (Phi) is 6.22. The van der Waals surface area contributed by atoms with Crippen molar-refractivity contribution >= 4 is 23.0 Å². The van der Waals surface area contributed by atoms with Gasteiger partial charge in [-0.2, -0.15) is 0 Å². The van der Waals surface area contributed by atoms with Gasteiger partial charge in [-0.1, -0.05) is 55.5 Å². The zero-order valence-electron chi connectivity index (χ0n) is 17.1. The molecule has 0 fully saturated rings. The van der Waals surface area contributed by atoms with E-state index in [1.54, 1.807) is 0 Å². The lowest BCUT2D eigenvalue weighted by molar-refractivity contribution is -0.143. The Morgan fingerprint density at radius 1 is 1.07 bits per heavy atom. The van der Waals surface area contributed by atoms with Crippen molar-refractivity contribution in [3.63, 3.8) is 0 Å². The van der Waals surface area contributed by atoms with Gasteiger partial charge in [0.2, 0.25) is 0 Å². The molecule has 3 rings (SSSR count). The zero-order chi connectivity index (χ0) is 21.0. The molecule has 2 unspecified atom stereocenters. The topological polar surface area (TPSA) is 69.6 Å². The second kappa shape index (κ2) is 8.82. The van der Waals surface area contributed by atoms with E-state index in [0.29, 0.717) is 0 Å². The number of methoxy groups -OCH3 is 1. The summed E-state index contributed by atoms with van der Waals surface area (Å²) >= 11 is 0. The summed E-state index contributed by atoms with van der Waals surface area (Å²) in [5.41, 5.74) is 3.98. The normalized spacial score (nSPS) is 13.0. The van der Waals surface area contributed by atoms with Crippen molar-refractivity contribution in [3.8, 4) is 0 Å². The molecule has 6 heteroatoms. The molecule has 0 spiro atoms. The molecule has 1 amide bonds. The summed E-state index contributed by atoms with van der Waals surface area (Å²) in [6, 6.07) is 16.5. The van der Waals surface area contributed by atoms with Crippen LogP contribution in [0.5, 0.6) is 0 Å². The molecule has 29 heavy (non-hydrogen) atoms. The lowest BCUT2D eigenvalue weighted by Crippen LogP contribution is -2.45. The van der Waals surface area contributed by atoms with Crippen molar-refractivity contribution in [2.75, 3.05) is 7.11 Å². The summed E-state index contributed by atoms with van der Waals surface area (Å²) in [6.45, 7) is 4.05. The third-order valence-corrected chi connectivity index (χ3v) is 5.35. The van der Waals surface area contributed by atoms with Gasteiger partial charge in [-0.05, 0) is 24.1 Å². The summed E-state index contributed by atoms with van der Waals surface area (Å²) in [7, 11) is 3.30. The van der Waals surface area contributed by atoms with Gasteiger partial charge in [0.05, 0.1) is 7.11 Å². The van der Waals surface area contributed by atoms with E-state index in [2.05, 4.69) is 9.88 Å². The predicted molar refractivity (Wildman–Crippen MR) is 112 cm³/mol. The molecule has 3 aromatic rings. The van der Waals surface area contributed by atoms with Crippen LogP contribution in [0.3, 0.4) is 0 Å². The van der Waals surface area contributed by atoms with Crippen LogP contribution in [0.25, 0.3) is 10.9 Å². The molecular weight excluding hydrogens is 368 g/mol. The summed E-state index contributed by atoms with van der Waals surface area (Å²) < 4.78 is 12.3. The largest absolute Gasteiger partial charge is 0.467 e. The maximum Gasteiger partial charge on any atom is 0.408 e. The molecule has 6 nitrogen and oxygen atoms in total. The molecule has 0 aliphatic carbocycles. The van der Waals surface area contributed by atoms with Crippen LogP contribution >= 0.6 is 0 Å². The maximum atomic E-state index is 12.5. The van der Waals surface area contributed by atoms with Gasteiger partial charge >= 0.3 is 12.1 Å². The number of amides is 1. The number of aryl methyl sites for hydroxylation is 1. The Morgan fingerprint density at radius 2 is 1.72 bits per heavy atom. The molecule has 0 aliphatic heterocycles. The number of nitrogens with one attached hydrogen (secondary N) is 1. The van der Waals surface area contributed by atoms with Gasteiger partial charge in [0.15, 0.2) is 0 Å². The fourth-order valence-corrected chi connectivity index (χ4v) is 3.70. The number of esters is 1. The Morgan fingerprint density at radius 3 is 2.41 bits per heavy atom. The van der Waals surface area contributed by atoms with Crippen molar-refractivity contribution in [2.24, 2.45) is 7.05 Å². The fraction of sp³-hybridized carbons (Fsp3) is 0.304. The number of fused-ring (bicyclic) bond motifs is 1. The van der Waals surface area contributed by atoms with Gasteiger partial charge in [-0.15, -0.1) is 0 Å². The molecule has 152 valence electrons. The quantitative estimate of drug-likeness (QED) is 0.640. The third-order valence-electron chi connectivity index (χ3n) is 5.35. The number of aromatic nitrogens is 1. The number of benzene rings is 2. The summed E-state index contributed by atoms with van der Waals surface area (Å²) in [5, 5.41) is 3.74. The molecule has 0 saturated heterocycles. The minimum Gasteiger partial charge on any atom is -0.467 e. The molecule has 2 atom stereocenters. The highest BCUT2D eigenvalue weighted by Crippen LogP contribution is 2.33. The Labute approximate surface area is 170 Å². The van der Waals surface area contributed by atoms with Crippen molar-refractivity contribution in [2.45, 2.75) is 32.4 Å². The first-order valence-corrected chi connectivity index (χ1v) is 9.53. The van der Waals surface area contributed by atoms with Gasteiger partial charge in [0.25, 0.3) is 0 Å². The van der Waals surface area contributed by atoms with Crippen LogP contribution in [0.2, 0.25) is 0 Å². The Hall–Kier alpha value is -3.28. The minimum atomic E-state index is -0.868. The molecule has 0 bridgehead atoms. The Bertz CT molecular complexity index is 1010. The number of para-hydroxylation sites is 1. The highest BCUT2D eigenvalue weighted by molar-refractivity contribution is 5.88. The third kappa shape index (κ3) is 4.26. The average molecular weight is 394 g/mol. The maximum absolute atomic E-state index is 12.5. The minimum absolute atomic E-state index is 0.127. The molecule has 1 aromatic heterocycles. The number of hydrogen-bond donors (Lipinski definition) is 1. The standard InChI is InChI=1S/C23H26N2O4/c1-15(20-16(2)25(3)19-13-9-8-12-18(19)20)21(22(26)28-4)24-23(27)29-14-17-10-6-5-7-11-17/h5-13,15,21H,14H2,1-4H3,(H,24,27). The van der Waals surface area contributed by atoms with Gasteiger partial charge in [-0.3, -0.25) is 0 Å². The lowest BCUT2D eigenvalue weighted by atomic mass is 9.91. The zero-order valence-corrected chi connectivity index (χ0v) is 17.1. The van der Waals surface area contributed by atoms with E-state index >= 15 is 0 Å². The van der Waals surface area contributed by atoms with Crippen LogP contribution in [0.15, 0.2) is 54.6 Å². The number of ether oxygens (including phenoxy) is 2. The SMILES string of the molecule is COC(=O)C(NC(=O)OCc1ccccc1)C(C)c1c(C)n(C)c2ccccc12. The van der Waals surface area contributed by atoms with Crippen LogP contribution in [-0.4, -0.2) is 29.8 Å². The average Bonchev–Trinajstić information content (AvgIpc) is 3.00. The predicted octanol–water partition coefficient (Wildman–Crippen LogP) is 4.06.